The average Bonchev–Trinajstić information content (AvgIpc) is 2.37. The molecule has 0 aromatic carbocycles. The normalized spacial score (nSPS) is 14.1. The molecule has 0 aliphatic rings. The van der Waals surface area contributed by atoms with E-state index in [9.17, 15) is 43.9 Å². The summed E-state index contributed by atoms with van der Waals surface area (Å²) in [5.74, 6) is -2.85. The zero-order valence-electron chi connectivity index (χ0n) is 12.9. The lowest BCUT2D eigenvalue weighted by molar-refractivity contribution is -0.341. The third-order valence-electron chi connectivity index (χ3n) is 3.06. The summed E-state index contributed by atoms with van der Waals surface area (Å²) in [6.07, 6.45) is -14.9. The van der Waals surface area contributed by atoms with Crippen LogP contribution < -0.4 is 4.72 Å². The van der Waals surface area contributed by atoms with Gasteiger partial charge in [-0.1, -0.05) is 0 Å². The van der Waals surface area contributed by atoms with Crippen LogP contribution in [0, 0.1) is 0 Å². The molecule has 0 aromatic heterocycles. The van der Waals surface area contributed by atoms with Crippen molar-refractivity contribution in [3.8, 4) is 0 Å². The van der Waals surface area contributed by atoms with Crippen molar-refractivity contribution in [3.05, 3.63) is 0 Å². The van der Waals surface area contributed by atoms with Gasteiger partial charge in [-0.05, 0) is 20.0 Å². The highest BCUT2D eigenvalue weighted by atomic mass is 32.2. The van der Waals surface area contributed by atoms with E-state index >= 15 is 0 Å². The van der Waals surface area contributed by atoms with Crippen molar-refractivity contribution in [1.82, 2.24) is 9.62 Å². The molecule has 14 heteroatoms. The Kier molecular flexibility index (Phi) is 8.10. The minimum atomic E-state index is -6.31. The maximum absolute atomic E-state index is 13.3. The van der Waals surface area contributed by atoms with E-state index in [-0.39, 0.29) is 26.1 Å². The molecule has 0 rings (SSSR count). The third kappa shape index (κ3) is 7.73. The lowest BCUT2D eigenvalue weighted by Crippen LogP contribution is -2.54. The van der Waals surface area contributed by atoms with Gasteiger partial charge in [0.15, 0.2) is 0 Å². The summed E-state index contributed by atoms with van der Waals surface area (Å²) in [6.45, 7) is -0.592. The lowest BCUT2D eigenvalue weighted by Gasteiger charge is -2.29. The summed E-state index contributed by atoms with van der Waals surface area (Å²) in [5, 5.41) is 8.47. The molecular formula is C11H17F7N2O4S. The predicted octanol–water partition coefficient (Wildman–Crippen LogP) is 1.54. The van der Waals surface area contributed by atoms with Crippen LogP contribution in [0.25, 0.3) is 0 Å². The molecule has 0 saturated heterocycles. The average molecular weight is 406 g/mol. The second-order valence-electron chi connectivity index (χ2n) is 5.24. The fourth-order valence-corrected chi connectivity index (χ4v) is 2.83. The van der Waals surface area contributed by atoms with E-state index in [0.29, 0.717) is 0 Å². The van der Waals surface area contributed by atoms with Crippen LogP contribution in [-0.4, -0.2) is 74.8 Å². The summed E-state index contributed by atoms with van der Waals surface area (Å²) in [7, 11) is -3.17. The minimum Gasteiger partial charge on any atom is -0.480 e. The molecule has 0 amide bonds. The van der Waals surface area contributed by atoms with E-state index in [1.54, 1.807) is 4.72 Å². The van der Waals surface area contributed by atoms with Gasteiger partial charge in [-0.15, -0.1) is 0 Å². The quantitative estimate of drug-likeness (QED) is 0.425. The molecule has 0 aliphatic carbocycles. The summed E-state index contributed by atoms with van der Waals surface area (Å²) in [6, 6.07) is 0. The fourth-order valence-electron chi connectivity index (χ4n) is 1.68. The van der Waals surface area contributed by atoms with E-state index in [1.807, 2.05) is 0 Å². The van der Waals surface area contributed by atoms with Crippen molar-refractivity contribution >= 4 is 16.0 Å². The molecule has 6 nitrogen and oxygen atoms in total. The summed E-state index contributed by atoms with van der Waals surface area (Å²) in [5.41, 5.74) is -5.63. The van der Waals surface area contributed by atoms with Crippen LogP contribution in [0.5, 0.6) is 0 Å². The minimum absolute atomic E-state index is 0.0440. The van der Waals surface area contributed by atoms with Crippen molar-refractivity contribution in [3.63, 3.8) is 0 Å². The Morgan fingerprint density at radius 1 is 1.08 bits per heavy atom. The molecule has 0 fully saturated rings. The molecule has 0 aliphatic heterocycles. The fraction of sp³-hybridized carbons (Fsp3) is 0.909. The first-order valence-corrected chi connectivity index (χ1v) is 8.37. The number of carbonyl (C=O) groups is 1. The SMILES string of the molecule is CN(CCCNS(=O)(=O)CCC(F)(C(F)(F)F)C(F)(F)F)CC(=O)O. The van der Waals surface area contributed by atoms with Crippen molar-refractivity contribution < 1.29 is 49.1 Å². The van der Waals surface area contributed by atoms with Crippen molar-refractivity contribution in [2.24, 2.45) is 0 Å². The van der Waals surface area contributed by atoms with Gasteiger partial charge in [0.25, 0.3) is 5.67 Å². The first kappa shape index (κ1) is 23.9. The molecule has 0 heterocycles. The van der Waals surface area contributed by atoms with Crippen LogP contribution >= 0.6 is 0 Å². The second-order valence-corrected chi connectivity index (χ2v) is 7.17. The smallest absolute Gasteiger partial charge is 0.431 e. The van der Waals surface area contributed by atoms with E-state index in [0.717, 1.165) is 0 Å². The maximum Gasteiger partial charge on any atom is 0.431 e. The maximum atomic E-state index is 13.3. The zero-order chi connectivity index (χ0) is 20.1. The van der Waals surface area contributed by atoms with Gasteiger partial charge in [0.1, 0.15) is 0 Å². The molecule has 2 N–H and O–H groups in total. The highest BCUT2D eigenvalue weighted by Crippen LogP contribution is 2.48. The van der Waals surface area contributed by atoms with Crippen LogP contribution in [0.3, 0.4) is 0 Å². The monoisotopic (exact) mass is 406 g/mol. The van der Waals surface area contributed by atoms with Gasteiger partial charge in [-0.2, -0.15) is 26.3 Å². The number of aliphatic carboxylic acids is 1. The number of nitrogens with zero attached hydrogens (tertiary/aromatic N) is 1. The number of carboxylic acid groups (broad SMARTS) is 1. The Hall–Kier alpha value is -1.15. The summed E-state index contributed by atoms with van der Waals surface area (Å²) in [4.78, 5) is 11.7. The van der Waals surface area contributed by atoms with Crippen LogP contribution in [0.1, 0.15) is 12.8 Å². The van der Waals surface area contributed by atoms with Gasteiger partial charge in [0.2, 0.25) is 10.0 Å². The first-order chi connectivity index (χ1) is 11.0. The van der Waals surface area contributed by atoms with Crippen molar-refractivity contribution in [1.29, 1.82) is 0 Å². The molecule has 0 atom stereocenters. The Morgan fingerprint density at radius 3 is 1.96 bits per heavy atom. The molecule has 0 saturated carbocycles. The molecule has 0 aromatic rings. The van der Waals surface area contributed by atoms with Crippen LogP contribution in [-0.2, 0) is 14.8 Å². The summed E-state index contributed by atoms with van der Waals surface area (Å²) < 4.78 is 112. The highest BCUT2D eigenvalue weighted by Gasteiger charge is 2.72. The number of sulfonamides is 1. The molecule has 25 heavy (non-hydrogen) atoms. The molecular weight excluding hydrogens is 389 g/mol. The number of hydrogen-bond donors (Lipinski definition) is 2. The Morgan fingerprint density at radius 2 is 1.56 bits per heavy atom. The Labute approximate surface area is 139 Å². The molecule has 0 bridgehead atoms. The van der Waals surface area contributed by atoms with Crippen LogP contribution in [0.4, 0.5) is 30.7 Å². The standard InChI is InChI=1S/C11H17F7N2O4S/c1-20(7-8(21)22)5-2-4-19-25(23,24)6-3-9(12,10(13,14)15)11(16,17)18/h19H,2-7H2,1H3,(H,21,22). The van der Waals surface area contributed by atoms with Crippen LogP contribution in [0.2, 0.25) is 0 Å². The Balaban J connectivity index is 4.60. The largest absolute Gasteiger partial charge is 0.480 e. The van der Waals surface area contributed by atoms with E-state index in [1.165, 1.54) is 11.9 Å². The zero-order valence-corrected chi connectivity index (χ0v) is 13.7. The number of likely N-dealkylation sites (N-methyl/N-ethyl adjacent to an activating group) is 1. The predicted molar refractivity (Wildman–Crippen MR) is 72.1 cm³/mol. The molecule has 0 radical (unpaired) electrons. The number of rotatable bonds is 10. The van der Waals surface area contributed by atoms with Crippen LogP contribution in [0.15, 0.2) is 0 Å². The van der Waals surface area contributed by atoms with E-state index in [4.69, 9.17) is 5.11 Å². The first-order valence-electron chi connectivity index (χ1n) is 6.72. The highest BCUT2D eigenvalue weighted by molar-refractivity contribution is 7.89. The van der Waals surface area contributed by atoms with Gasteiger partial charge in [0.05, 0.1) is 12.3 Å². The number of alkyl halides is 7. The molecule has 150 valence electrons. The van der Waals surface area contributed by atoms with E-state index in [2.05, 4.69) is 0 Å². The van der Waals surface area contributed by atoms with Gasteiger partial charge in [-0.3, -0.25) is 9.69 Å². The molecule has 0 spiro atoms. The lowest BCUT2D eigenvalue weighted by atomic mass is 10.0. The van der Waals surface area contributed by atoms with Gasteiger partial charge >= 0.3 is 18.3 Å². The Bertz CT molecular complexity index is 534. The van der Waals surface area contributed by atoms with Crippen molar-refractivity contribution in [2.75, 3.05) is 32.4 Å². The van der Waals surface area contributed by atoms with Gasteiger partial charge in [0, 0.05) is 13.0 Å². The number of carboxylic acids is 1. The second kappa shape index (κ2) is 8.49. The number of nitrogens with one attached hydrogen (secondary N) is 1. The summed E-state index contributed by atoms with van der Waals surface area (Å²) >= 11 is 0. The van der Waals surface area contributed by atoms with Gasteiger partial charge < -0.3 is 5.11 Å². The number of hydrogen-bond acceptors (Lipinski definition) is 4. The number of halogens is 7. The third-order valence-corrected chi connectivity index (χ3v) is 4.44. The van der Waals surface area contributed by atoms with Gasteiger partial charge in [-0.25, -0.2) is 17.5 Å². The topological polar surface area (TPSA) is 86.7 Å². The van der Waals surface area contributed by atoms with Crippen molar-refractivity contribution in [2.45, 2.75) is 30.9 Å². The molecule has 0 unspecified atom stereocenters. The van der Waals surface area contributed by atoms with E-state index < -0.39 is 46.2 Å².